The molecule has 1 heterocycles. The van der Waals surface area contributed by atoms with Crippen LogP contribution in [0, 0.1) is 0 Å². The fraction of sp³-hybridized carbons (Fsp3) is 0.125. The van der Waals surface area contributed by atoms with Crippen LogP contribution in [0.3, 0.4) is 0 Å². The molecular weight excluding hydrogens is 495 g/mol. The van der Waals surface area contributed by atoms with E-state index in [0.29, 0.717) is 0 Å². The lowest BCUT2D eigenvalue weighted by Gasteiger charge is -2.13. The molecule has 3 rings (SSSR count). The molecule has 0 aliphatic carbocycles. The van der Waals surface area contributed by atoms with Gasteiger partial charge in [0.25, 0.3) is 26.1 Å². The maximum absolute atomic E-state index is 12.7. The van der Waals surface area contributed by atoms with E-state index in [-0.39, 0.29) is 27.1 Å². The first-order valence-corrected chi connectivity index (χ1v) is 11.8. The van der Waals surface area contributed by atoms with E-state index in [2.05, 4.69) is 15.3 Å². The molecule has 0 saturated heterocycles. The summed E-state index contributed by atoms with van der Waals surface area (Å²) in [7, 11) is -9.23. The van der Waals surface area contributed by atoms with Crippen LogP contribution >= 0.6 is 23.2 Å². The van der Waals surface area contributed by atoms with E-state index in [1.165, 1.54) is 19.1 Å². The van der Waals surface area contributed by atoms with E-state index in [1.54, 1.807) is 0 Å². The molecule has 1 atom stereocenters. The van der Waals surface area contributed by atoms with Gasteiger partial charge in [0.1, 0.15) is 10.6 Å². The van der Waals surface area contributed by atoms with Gasteiger partial charge in [-0.25, -0.2) is 0 Å². The molecule has 0 radical (unpaired) electrons. The summed E-state index contributed by atoms with van der Waals surface area (Å²) in [5.41, 5.74) is -0.144. The van der Waals surface area contributed by atoms with Crippen LogP contribution in [0.5, 0.6) is 0 Å². The number of carbonyl (C=O) groups is 1. The molecule has 0 bridgehead atoms. The van der Waals surface area contributed by atoms with Gasteiger partial charge in [-0.15, -0.1) is 0 Å². The highest BCUT2D eigenvalue weighted by Gasteiger charge is 2.35. The van der Waals surface area contributed by atoms with Crippen molar-refractivity contribution in [1.82, 2.24) is 0 Å². The summed E-state index contributed by atoms with van der Waals surface area (Å²) in [6.07, 6.45) is 0. The maximum atomic E-state index is 12.7. The van der Waals surface area contributed by atoms with E-state index >= 15 is 0 Å². The van der Waals surface area contributed by atoms with Crippen LogP contribution in [0.25, 0.3) is 0 Å². The van der Waals surface area contributed by atoms with Gasteiger partial charge in [-0.3, -0.25) is 13.9 Å². The third-order valence-corrected chi connectivity index (χ3v) is 6.47. The Morgan fingerprint density at radius 1 is 1.03 bits per heavy atom. The molecule has 11 nitrogen and oxygen atoms in total. The van der Waals surface area contributed by atoms with Gasteiger partial charge in [-0.05, 0) is 37.3 Å². The van der Waals surface area contributed by atoms with Crippen molar-refractivity contribution in [2.75, 3.05) is 5.01 Å². The monoisotopic (exact) mass is 506 g/mol. The van der Waals surface area contributed by atoms with E-state index in [9.17, 15) is 30.7 Å². The van der Waals surface area contributed by atoms with Gasteiger partial charge in [0.2, 0.25) is 0 Å². The van der Waals surface area contributed by atoms with Gasteiger partial charge in [0, 0.05) is 0 Å². The number of hydrogen-bond acceptors (Lipinski definition) is 8. The number of anilines is 1. The van der Waals surface area contributed by atoms with Gasteiger partial charge < -0.3 is 0 Å². The summed E-state index contributed by atoms with van der Waals surface area (Å²) >= 11 is 11.6. The number of hydrogen-bond donors (Lipinski definition) is 2. The zero-order valence-corrected chi connectivity index (χ0v) is 18.5. The van der Waals surface area contributed by atoms with Crippen molar-refractivity contribution in [3.63, 3.8) is 0 Å². The van der Waals surface area contributed by atoms with Crippen molar-refractivity contribution < 1.29 is 30.7 Å². The second kappa shape index (κ2) is 8.26. The Balaban J connectivity index is 1.96. The smallest absolute Gasteiger partial charge is 0.282 e. The van der Waals surface area contributed by atoms with Gasteiger partial charge in [0.15, 0.2) is 6.04 Å². The van der Waals surface area contributed by atoms with E-state index in [1.807, 2.05) is 0 Å². The molecule has 2 N–H and O–H groups in total. The minimum Gasteiger partial charge on any atom is -0.282 e. The lowest BCUT2D eigenvalue weighted by Crippen LogP contribution is -2.29. The molecule has 164 valence electrons. The first kappa shape index (κ1) is 23.2. The number of benzene rings is 2. The van der Waals surface area contributed by atoms with E-state index < -0.39 is 42.0 Å². The third-order valence-electron chi connectivity index (χ3n) is 4.02. The summed E-state index contributed by atoms with van der Waals surface area (Å²) in [4.78, 5) is 11.6. The van der Waals surface area contributed by atoms with Crippen LogP contribution in [-0.2, 0) is 25.0 Å². The SMILES string of the molecule is CC1=NN(c2cccc(S(=O)(=O)O)c2)C(=O)[C@@H]1N=Nc1cc(Cl)c(Cl)cc1S(=O)(=O)O. The summed E-state index contributed by atoms with van der Waals surface area (Å²) in [6, 6.07) is 5.54. The Morgan fingerprint density at radius 3 is 2.29 bits per heavy atom. The van der Waals surface area contributed by atoms with E-state index in [4.69, 9.17) is 23.2 Å². The fourth-order valence-corrected chi connectivity index (χ4v) is 4.11. The normalized spacial score (nSPS) is 17.5. The van der Waals surface area contributed by atoms with Crippen molar-refractivity contribution in [3.8, 4) is 0 Å². The largest absolute Gasteiger partial charge is 0.296 e. The number of halogens is 2. The quantitative estimate of drug-likeness (QED) is 0.462. The average Bonchev–Trinajstić information content (AvgIpc) is 2.95. The second-order valence-corrected chi connectivity index (χ2v) is 9.82. The zero-order chi connectivity index (χ0) is 23.1. The van der Waals surface area contributed by atoms with Crippen LogP contribution in [0.15, 0.2) is 61.5 Å². The number of nitrogens with zero attached hydrogens (tertiary/aromatic N) is 4. The van der Waals surface area contributed by atoms with Crippen molar-refractivity contribution in [1.29, 1.82) is 0 Å². The van der Waals surface area contributed by atoms with Gasteiger partial charge in [0.05, 0.1) is 26.3 Å². The van der Waals surface area contributed by atoms with Gasteiger partial charge >= 0.3 is 0 Å². The molecule has 1 aliphatic heterocycles. The number of carbonyl (C=O) groups excluding carboxylic acids is 1. The number of amides is 1. The molecular formula is C16H12Cl2N4O7S2. The first-order valence-electron chi connectivity index (χ1n) is 8.13. The minimum absolute atomic E-state index is 0.0466. The molecule has 0 fully saturated rings. The second-order valence-electron chi connectivity index (χ2n) is 6.19. The van der Waals surface area contributed by atoms with Crippen LogP contribution in [0.4, 0.5) is 11.4 Å². The molecule has 0 saturated carbocycles. The maximum Gasteiger partial charge on any atom is 0.296 e. The topological polar surface area (TPSA) is 166 Å². The minimum atomic E-state index is -4.72. The molecule has 0 spiro atoms. The molecule has 0 aromatic heterocycles. The molecule has 1 amide bonds. The van der Waals surface area contributed by atoms with Crippen molar-refractivity contribution >= 4 is 66.4 Å². The molecule has 31 heavy (non-hydrogen) atoms. The highest BCUT2D eigenvalue weighted by Crippen LogP contribution is 2.34. The van der Waals surface area contributed by atoms with E-state index in [0.717, 1.165) is 29.3 Å². The lowest BCUT2D eigenvalue weighted by molar-refractivity contribution is -0.117. The summed E-state index contributed by atoms with van der Waals surface area (Å²) < 4.78 is 64.3. The third kappa shape index (κ3) is 4.92. The van der Waals surface area contributed by atoms with Gasteiger partial charge in [-0.2, -0.15) is 37.2 Å². The number of hydrazone groups is 1. The number of azo groups is 1. The molecule has 15 heteroatoms. The van der Waals surface area contributed by atoms with Crippen LogP contribution < -0.4 is 5.01 Å². The summed E-state index contributed by atoms with van der Waals surface area (Å²) in [5, 5.41) is 12.2. The predicted octanol–water partition coefficient (Wildman–Crippen LogP) is 3.36. The molecule has 2 aromatic carbocycles. The summed E-state index contributed by atoms with van der Waals surface area (Å²) in [6.45, 7) is 1.45. The Morgan fingerprint density at radius 2 is 1.68 bits per heavy atom. The summed E-state index contributed by atoms with van der Waals surface area (Å²) in [5.74, 6) is -0.720. The standard InChI is InChI=1S/C16H12Cl2N4O7S2/c1-8-15(20-19-13-6-11(17)12(18)7-14(13)31(27,28)29)16(23)22(21-8)9-3-2-4-10(5-9)30(24,25)26/h2-7,15H,1H3,(H,24,25,26)(H,27,28,29)/t15-/m1/s1. The Labute approximate surface area is 186 Å². The average molecular weight is 507 g/mol. The highest BCUT2D eigenvalue weighted by atomic mass is 35.5. The molecule has 2 aromatic rings. The fourth-order valence-electron chi connectivity index (χ4n) is 2.57. The Kier molecular flexibility index (Phi) is 6.19. The first-order chi connectivity index (χ1) is 14.3. The predicted molar refractivity (Wildman–Crippen MR) is 111 cm³/mol. The Bertz CT molecular complexity index is 1360. The highest BCUT2D eigenvalue weighted by molar-refractivity contribution is 7.86. The molecule has 1 aliphatic rings. The van der Waals surface area contributed by atoms with Crippen molar-refractivity contribution in [3.05, 3.63) is 46.4 Å². The van der Waals surface area contributed by atoms with Crippen molar-refractivity contribution in [2.45, 2.75) is 22.8 Å². The van der Waals surface area contributed by atoms with Gasteiger partial charge in [-0.1, -0.05) is 29.3 Å². The Hall–Kier alpha value is -2.42. The van der Waals surface area contributed by atoms with Crippen LogP contribution in [0.1, 0.15) is 6.92 Å². The van der Waals surface area contributed by atoms with Crippen LogP contribution in [-0.4, -0.2) is 43.6 Å². The van der Waals surface area contributed by atoms with Crippen molar-refractivity contribution in [2.24, 2.45) is 15.3 Å². The van der Waals surface area contributed by atoms with Crippen LogP contribution in [0.2, 0.25) is 10.0 Å². The molecule has 0 unspecified atom stereocenters. The lowest BCUT2D eigenvalue weighted by atomic mass is 10.2. The number of rotatable bonds is 5. The zero-order valence-electron chi connectivity index (χ0n) is 15.3.